The van der Waals surface area contributed by atoms with E-state index in [2.05, 4.69) is 66.6 Å². The van der Waals surface area contributed by atoms with E-state index < -0.39 is 0 Å². The van der Waals surface area contributed by atoms with Gasteiger partial charge in [-0.3, -0.25) is 4.90 Å². The smallest absolute Gasteiger partial charge is 0.210 e. The van der Waals surface area contributed by atoms with E-state index in [4.69, 9.17) is 0 Å². The van der Waals surface area contributed by atoms with Crippen LogP contribution in [0, 0.1) is 0 Å². The summed E-state index contributed by atoms with van der Waals surface area (Å²) in [5.41, 5.74) is 5.08. The van der Waals surface area contributed by atoms with Crippen LogP contribution < -0.4 is 9.88 Å². The second kappa shape index (κ2) is 5.02. The van der Waals surface area contributed by atoms with E-state index in [1.807, 2.05) is 24.0 Å². The summed E-state index contributed by atoms with van der Waals surface area (Å²) in [4.78, 5) is 7.35. The lowest BCUT2D eigenvalue weighted by atomic mass is 10.1. The van der Waals surface area contributed by atoms with E-state index in [1.54, 1.807) is 0 Å². The Morgan fingerprint density at radius 3 is 2.52 bits per heavy atom. The monoisotopic (exact) mass is 292 g/mol. The molecule has 4 rings (SSSR count). The molecule has 2 N–H and O–H groups in total. The van der Waals surface area contributed by atoms with Crippen LogP contribution >= 0.6 is 11.8 Å². The fourth-order valence-corrected chi connectivity index (χ4v) is 4.02. The number of nitrogens with one attached hydrogen (secondary N) is 2. The van der Waals surface area contributed by atoms with Crippen LogP contribution in [0.1, 0.15) is 0 Å². The van der Waals surface area contributed by atoms with E-state index in [0.29, 0.717) is 0 Å². The van der Waals surface area contributed by atoms with Crippen LogP contribution in [0.15, 0.2) is 76.7 Å². The molecule has 2 nitrogen and oxygen atoms in total. The first-order chi connectivity index (χ1) is 10.3. The van der Waals surface area contributed by atoms with E-state index in [-0.39, 0.29) is 0 Å². The number of H-pyrrole nitrogens is 1. The molecule has 0 radical (unpaired) electrons. The molecule has 0 saturated carbocycles. The first-order valence-corrected chi connectivity index (χ1v) is 7.87. The van der Waals surface area contributed by atoms with Crippen molar-refractivity contribution in [3.8, 4) is 11.3 Å². The fourth-order valence-electron chi connectivity index (χ4n) is 2.79. The number of benzene rings is 2. The molecule has 0 aliphatic carbocycles. The van der Waals surface area contributed by atoms with Gasteiger partial charge in [-0.15, -0.1) is 0 Å². The zero-order valence-corrected chi connectivity index (χ0v) is 12.6. The fraction of sp³-hybridized carbons (Fsp3) is 0.0556. The highest BCUT2D eigenvalue weighted by Crippen LogP contribution is 2.40. The van der Waals surface area contributed by atoms with Crippen molar-refractivity contribution in [1.29, 1.82) is 0 Å². The summed E-state index contributed by atoms with van der Waals surface area (Å²) in [6.45, 7) is 0. The Labute approximate surface area is 128 Å². The Kier molecular flexibility index (Phi) is 3.02. The summed E-state index contributed by atoms with van der Waals surface area (Å²) < 4.78 is 0. The Morgan fingerprint density at radius 2 is 1.67 bits per heavy atom. The largest absolute Gasteiger partial charge is 0.271 e. The van der Waals surface area contributed by atoms with E-state index in [0.717, 1.165) is 5.69 Å². The van der Waals surface area contributed by atoms with Gasteiger partial charge in [0.1, 0.15) is 11.4 Å². The van der Waals surface area contributed by atoms with Gasteiger partial charge in [-0.2, -0.15) is 0 Å². The third-order valence-corrected chi connectivity index (χ3v) is 5.05. The van der Waals surface area contributed by atoms with Gasteiger partial charge in [0.15, 0.2) is 6.20 Å². The minimum absolute atomic E-state index is 1.15. The van der Waals surface area contributed by atoms with E-state index >= 15 is 0 Å². The maximum Gasteiger partial charge on any atom is 0.210 e. The summed E-state index contributed by atoms with van der Waals surface area (Å²) in [6.07, 6.45) is 1.97. The molecule has 3 aromatic rings. The Morgan fingerprint density at radius 1 is 0.857 bits per heavy atom. The maximum atomic E-state index is 3.31. The van der Waals surface area contributed by atoms with Crippen molar-refractivity contribution in [2.24, 2.45) is 0 Å². The van der Waals surface area contributed by atoms with Crippen LogP contribution in [0.5, 0.6) is 0 Å². The Hall–Kier alpha value is -2.10. The Balaban J connectivity index is 1.81. The standard InChI is InChI=1S/C18H14N2S/c1-20-15-7-2-3-8-17(15)21-18-12-13(9-10-16(18)20)14-6-4-5-11-19-14/h2-12H,1H3/p+2. The summed E-state index contributed by atoms with van der Waals surface area (Å²) in [6, 6.07) is 21.5. The average molecular weight is 292 g/mol. The quantitative estimate of drug-likeness (QED) is 0.730. The zero-order valence-electron chi connectivity index (χ0n) is 11.8. The molecule has 2 heterocycles. The molecule has 0 amide bonds. The van der Waals surface area contributed by atoms with Crippen molar-refractivity contribution < 1.29 is 9.88 Å². The molecule has 1 aromatic heterocycles. The number of rotatable bonds is 1. The predicted octanol–water partition coefficient (Wildman–Crippen LogP) is 3.11. The third-order valence-electron chi connectivity index (χ3n) is 3.92. The first-order valence-electron chi connectivity index (χ1n) is 7.05. The SMILES string of the molecule is C[NH+]1c2ccccc2Sc2cc(-c3cccc[nH+]3)ccc21. The van der Waals surface area contributed by atoms with Gasteiger partial charge in [0.05, 0.1) is 16.8 Å². The highest BCUT2D eigenvalue weighted by Gasteiger charge is 2.26. The van der Waals surface area contributed by atoms with Gasteiger partial charge < -0.3 is 0 Å². The van der Waals surface area contributed by atoms with Crippen LogP contribution in [-0.4, -0.2) is 7.05 Å². The minimum atomic E-state index is 1.15. The van der Waals surface area contributed by atoms with E-state index in [9.17, 15) is 0 Å². The molecular weight excluding hydrogens is 276 g/mol. The number of quaternary nitrogens is 1. The van der Waals surface area contributed by atoms with Crippen LogP contribution in [-0.2, 0) is 0 Å². The molecule has 2 aromatic carbocycles. The van der Waals surface area contributed by atoms with Crippen molar-refractivity contribution >= 4 is 23.1 Å². The van der Waals surface area contributed by atoms with Crippen molar-refractivity contribution in [2.45, 2.75) is 9.79 Å². The number of pyridine rings is 1. The third kappa shape index (κ3) is 2.15. The first kappa shape index (κ1) is 12.6. The summed E-state index contributed by atoms with van der Waals surface area (Å²) in [5, 5.41) is 0. The van der Waals surface area contributed by atoms with Crippen LogP contribution in [0.25, 0.3) is 11.3 Å². The van der Waals surface area contributed by atoms with Gasteiger partial charge >= 0.3 is 0 Å². The molecule has 3 heteroatoms. The lowest BCUT2D eigenvalue weighted by Crippen LogP contribution is -2.99. The highest BCUT2D eigenvalue weighted by atomic mass is 32.2. The lowest BCUT2D eigenvalue weighted by molar-refractivity contribution is -0.739. The normalized spacial score (nSPS) is 16.1. The molecule has 0 bridgehead atoms. The minimum Gasteiger partial charge on any atom is -0.271 e. The molecule has 21 heavy (non-hydrogen) atoms. The molecule has 1 atom stereocenters. The second-order valence-corrected chi connectivity index (χ2v) is 6.29. The number of aromatic nitrogens is 1. The summed E-state index contributed by atoms with van der Waals surface area (Å²) >= 11 is 1.86. The number of aromatic amines is 1. The highest BCUT2D eigenvalue weighted by molar-refractivity contribution is 7.99. The number of para-hydroxylation sites is 1. The van der Waals surface area contributed by atoms with Gasteiger partial charge in [0.2, 0.25) is 5.69 Å². The zero-order chi connectivity index (χ0) is 14.2. The van der Waals surface area contributed by atoms with Crippen molar-refractivity contribution in [2.75, 3.05) is 7.05 Å². The number of hydrogen-bond acceptors (Lipinski definition) is 1. The second-order valence-electron chi connectivity index (χ2n) is 5.21. The predicted molar refractivity (Wildman–Crippen MR) is 85.2 cm³/mol. The molecule has 1 unspecified atom stereocenters. The van der Waals surface area contributed by atoms with Gasteiger partial charge in [-0.25, -0.2) is 4.98 Å². The van der Waals surface area contributed by atoms with Crippen LogP contribution in [0.2, 0.25) is 0 Å². The molecule has 102 valence electrons. The number of fused-ring (bicyclic) bond motifs is 2. The topological polar surface area (TPSA) is 18.6 Å². The molecular formula is C18H16N2S+2. The summed E-state index contributed by atoms with van der Waals surface area (Å²) in [5.74, 6) is 0. The Bertz CT molecular complexity index is 799. The van der Waals surface area contributed by atoms with E-state index in [1.165, 1.54) is 31.6 Å². The number of hydrogen-bond donors (Lipinski definition) is 1. The average Bonchev–Trinajstić information content (AvgIpc) is 2.55. The van der Waals surface area contributed by atoms with Crippen LogP contribution in [0.3, 0.4) is 0 Å². The van der Waals surface area contributed by atoms with Crippen molar-refractivity contribution in [3.63, 3.8) is 0 Å². The molecule has 0 fully saturated rings. The molecule has 1 aliphatic heterocycles. The molecule has 0 saturated heterocycles. The summed E-state index contributed by atoms with van der Waals surface area (Å²) in [7, 11) is 2.21. The van der Waals surface area contributed by atoms with Gasteiger partial charge in [0, 0.05) is 29.8 Å². The lowest BCUT2D eigenvalue weighted by Gasteiger charge is -2.23. The molecule has 1 aliphatic rings. The maximum absolute atomic E-state index is 3.31. The molecule has 0 spiro atoms. The van der Waals surface area contributed by atoms with Crippen molar-refractivity contribution in [1.82, 2.24) is 0 Å². The van der Waals surface area contributed by atoms with Gasteiger partial charge in [-0.1, -0.05) is 23.9 Å². The van der Waals surface area contributed by atoms with Crippen molar-refractivity contribution in [3.05, 3.63) is 66.9 Å². The van der Waals surface area contributed by atoms with Gasteiger partial charge in [-0.05, 0) is 24.3 Å². The van der Waals surface area contributed by atoms with Gasteiger partial charge in [0.25, 0.3) is 0 Å². The van der Waals surface area contributed by atoms with Crippen LogP contribution in [0.4, 0.5) is 11.4 Å².